The second-order valence-corrected chi connectivity index (χ2v) is 5.72. The number of hydrogen-bond donors (Lipinski definition) is 1. The van der Waals surface area contributed by atoms with E-state index < -0.39 is 0 Å². The van der Waals surface area contributed by atoms with Crippen molar-refractivity contribution in [2.24, 2.45) is 0 Å². The van der Waals surface area contributed by atoms with Gasteiger partial charge >= 0.3 is 0 Å². The highest BCUT2D eigenvalue weighted by Crippen LogP contribution is 2.22. The Kier molecular flexibility index (Phi) is 5.51. The van der Waals surface area contributed by atoms with E-state index in [4.69, 9.17) is 5.26 Å². The molecule has 4 heteroatoms. The summed E-state index contributed by atoms with van der Waals surface area (Å²) in [4.78, 5) is 6.47. The lowest BCUT2D eigenvalue weighted by Crippen LogP contribution is -2.36. The minimum atomic E-state index is -0.257. The molecule has 1 aromatic heterocycles. The molecular weight excluding hydrogens is 250 g/mol. The van der Waals surface area contributed by atoms with Crippen molar-refractivity contribution in [2.75, 3.05) is 6.54 Å². The molecule has 108 valence electrons. The fourth-order valence-corrected chi connectivity index (χ4v) is 2.97. The summed E-state index contributed by atoms with van der Waals surface area (Å²) in [6, 6.07) is 6.37. The lowest BCUT2D eigenvalue weighted by molar-refractivity contribution is 0.108. The molecule has 2 heterocycles. The van der Waals surface area contributed by atoms with E-state index in [1.807, 2.05) is 19.1 Å². The number of nitrogens with zero attached hydrogens (tertiary/aromatic N) is 3. The fraction of sp³-hybridized carbons (Fsp3) is 0.625. The van der Waals surface area contributed by atoms with Gasteiger partial charge < -0.3 is 5.11 Å². The fourth-order valence-electron chi connectivity index (χ4n) is 2.97. The molecule has 0 amide bonds. The summed E-state index contributed by atoms with van der Waals surface area (Å²) in [5, 5.41) is 18.6. The second-order valence-electron chi connectivity index (χ2n) is 5.72. The molecule has 2 rings (SSSR count). The van der Waals surface area contributed by atoms with Gasteiger partial charge in [-0.15, -0.1) is 0 Å². The molecule has 0 radical (unpaired) electrons. The predicted octanol–water partition coefficient (Wildman–Crippen LogP) is 2.47. The number of hydrogen-bond acceptors (Lipinski definition) is 4. The Morgan fingerprint density at radius 3 is 3.10 bits per heavy atom. The molecule has 4 nitrogen and oxygen atoms in total. The van der Waals surface area contributed by atoms with Gasteiger partial charge in [-0.05, 0) is 50.4 Å². The molecule has 0 bridgehead atoms. The summed E-state index contributed by atoms with van der Waals surface area (Å²) < 4.78 is 0. The number of aliphatic hydroxyl groups is 1. The van der Waals surface area contributed by atoms with Crippen LogP contribution in [0.1, 0.15) is 50.3 Å². The molecule has 0 saturated carbocycles. The van der Waals surface area contributed by atoms with Crippen LogP contribution in [0.3, 0.4) is 0 Å². The predicted molar refractivity (Wildman–Crippen MR) is 77.9 cm³/mol. The van der Waals surface area contributed by atoms with Crippen molar-refractivity contribution in [3.05, 3.63) is 29.6 Å². The van der Waals surface area contributed by atoms with Gasteiger partial charge in [0.1, 0.15) is 11.8 Å². The lowest BCUT2D eigenvalue weighted by Gasteiger charge is -2.30. The highest BCUT2D eigenvalue weighted by atomic mass is 16.3. The van der Waals surface area contributed by atoms with Crippen molar-refractivity contribution in [3.63, 3.8) is 0 Å². The van der Waals surface area contributed by atoms with Gasteiger partial charge in [-0.25, -0.2) is 4.98 Å². The standard InChI is InChI=1S/C16H23N3O/c1-13(20)9-16-5-3-2-4-8-19(16)12-14-6-7-18-15(10-14)11-17/h6-7,10,13,16,20H,2-5,8-9,12H2,1H3. The molecule has 20 heavy (non-hydrogen) atoms. The number of rotatable bonds is 4. The Morgan fingerprint density at radius 1 is 1.50 bits per heavy atom. The van der Waals surface area contributed by atoms with E-state index >= 15 is 0 Å². The van der Waals surface area contributed by atoms with E-state index in [0.717, 1.165) is 31.5 Å². The zero-order chi connectivity index (χ0) is 14.4. The van der Waals surface area contributed by atoms with Gasteiger partial charge in [-0.1, -0.05) is 12.8 Å². The van der Waals surface area contributed by atoms with Crippen molar-refractivity contribution in [3.8, 4) is 6.07 Å². The van der Waals surface area contributed by atoms with Crippen LogP contribution >= 0.6 is 0 Å². The Morgan fingerprint density at radius 2 is 2.35 bits per heavy atom. The molecule has 1 fully saturated rings. The van der Waals surface area contributed by atoms with E-state index in [2.05, 4.69) is 16.0 Å². The lowest BCUT2D eigenvalue weighted by atomic mass is 10.0. The van der Waals surface area contributed by atoms with Gasteiger partial charge in [0, 0.05) is 18.8 Å². The largest absolute Gasteiger partial charge is 0.393 e. The molecule has 1 aromatic rings. The number of aliphatic hydroxyl groups excluding tert-OH is 1. The molecule has 0 aliphatic carbocycles. The normalized spacial score (nSPS) is 21.9. The monoisotopic (exact) mass is 273 g/mol. The first-order chi connectivity index (χ1) is 9.69. The quantitative estimate of drug-likeness (QED) is 0.915. The maximum Gasteiger partial charge on any atom is 0.140 e. The van der Waals surface area contributed by atoms with Crippen LogP contribution in [0.15, 0.2) is 18.3 Å². The molecule has 0 spiro atoms. The number of likely N-dealkylation sites (tertiary alicyclic amines) is 1. The summed E-state index contributed by atoms with van der Waals surface area (Å²) in [6.45, 7) is 3.78. The third kappa shape index (κ3) is 4.29. The van der Waals surface area contributed by atoms with Gasteiger partial charge in [-0.2, -0.15) is 5.26 Å². The number of aromatic nitrogens is 1. The van der Waals surface area contributed by atoms with Crippen molar-refractivity contribution in [1.29, 1.82) is 5.26 Å². The van der Waals surface area contributed by atoms with E-state index in [9.17, 15) is 5.11 Å². The van der Waals surface area contributed by atoms with Crippen LogP contribution in [-0.4, -0.2) is 33.7 Å². The smallest absolute Gasteiger partial charge is 0.140 e. The van der Waals surface area contributed by atoms with Crippen molar-refractivity contribution in [1.82, 2.24) is 9.88 Å². The van der Waals surface area contributed by atoms with Crippen LogP contribution in [-0.2, 0) is 6.54 Å². The molecule has 1 aliphatic heterocycles. The number of pyridine rings is 1. The Bertz CT molecular complexity index is 467. The second kappa shape index (κ2) is 7.37. The average molecular weight is 273 g/mol. The third-order valence-electron chi connectivity index (χ3n) is 3.94. The zero-order valence-electron chi connectivity index (χ0n) is 12.1. The first kappa shape index (κ1) is 15.0. The molecule has 0 aromatic carbocycles. The van der Waals surface area contributed by atoms with Crippen LogP contribution < -0.4 is 0 Å². The van der Waals surface area contributed by atoms with E-state index in [0.29, 0.717) is 11.7 Å². The Labute approximate surface area is 121 Å². The summed E-state index contributed by atoms with van der Waals surface area (Å²) in [6.07, 6.45) is 7.16. The van der Waals surface area contributed by atoms with Gasteiger partial charge in [0.05, 0.1) is 6.10 Å². The topological polar surface area (TPSA) is 60.1 Å². The minimum Gasteiger partial charge on any atom is -0.393 e. The van der Waals surface area contributed by atoms with Crippen LogP contribution in [0.25, 0.3) is 0 Å². The van der Waals surface area contributed by atoms with Crippen LogP contribution in [0.2, 0.25) is 0 Å². The summed E-state index contributed by atoms with van der Waals surface area (Å²) in [5.41, 5.74) is 1.61. The van der Waals surface area contributed by atoms with Gasteiger partial charge in [0.2, 0.25) is 0 Å². The average Bonchev–Trinajstić information content (AvgIpc) is 2.64. The molecule has 1 aliphatic rings. The summed E-state index contributed by atoms with van der Waals surface area (Å²) >= 11 is 0. The highest BCUT2D eigenvalue weighted by molar-refractivity contribution is 5.25. The van der Waals surface area contributed by atoms with E-state index in [-0.39, 0.29) is 6.10 Å². The van der Waals surface area contributed by atoms with Crippen molar-refractivity contribution < 1.29 is 5.11 Å². The first-order valence-corrected chi connectivity index (χ1v) is 7.46. The number of nitriles is 1. The third-order valence-corrected chi connectivity index (χ3v) is 3.94. The first-order valence-electron chi connectivity index (χ1n) is 7.46. The maximum atomic E-state index is 9.68. The van der Waals surface area contributed by atoms with Crippen molar-refractivity contribution >= 4 is 0 Å². The van der Waals surface area contributed by atoms with Gasteiger partial charge in [0.25, 0.3) is 0 Å². The molecule has 2 unspecified atom stereocenters. The highest BCUT2D eigenvalue weighted by Gasteiger charge is 2.22. The van der Waals surface area contributed by atoms with E-state index in [1.165, 1.54) is 19.3 Å². The van der Waals surface area contributed by atoms with Crippen LogP contribution in [0, 0.1) is 11.3 Å². The minimum absolute atomic E-state index is 0.257. The summed E-state index contributed by atoms with van der Waals surface area (Å²) in [5.74, 6) is 0. The molecule has 2 atom stereocenters. The SMILES string of the molecule is CC(O)CC1CCCCCN1Cc1ccnc(C#N)c1. The van der Waals surface area contributed by atoms with Gasteiger partial charge in [0.15, 0.2) is 0 Å². The molecular formula is C16H23N3O. The zero-order valence-corrected chi connectivity index (χ0v) is 12.1. The van der Waals surface area contributed by atoms with Gasteiger partial charge in [-0.3, -0.25) is 4.90 Å². The Balaban J connectivity index is 2.08. The summed E-state index contributed by atoms with van der Waals surface area (Å²) in [7, 11) is 0. The van der Waals surface area contributed by atoms with E-state index in [1.54, 1.807) is 6.20 Å². The maximum absolute atomic E-state index is 9.68. The molecule has 1 N–H and O–H groups in total. The molecule has 1 saturated heterocycles. The van der Waals surface area contributed by atoms with Crippen molar-refractivity contribution in [2.45, 2.75) is 57.7 Å². The van der Waals surface area contributed by atoms with Crippen LogP contribution in [0.4, 0.5) is 0 Å². The van der Waals surface area contributed by atoms with Crippen LogP contribution in [0.5, 0.6) is 0 Å². The Hall–Kier alpha value is -1.44.